The lowest BCUT2D eigenvalue weighted by molar-refractivity contribution is 0.627. The molecule has 0 spiro atoms. The molecule has 2 N–H and O–H groups in total. The predicted octanol–water partition coefficient (Wildman–Crippen LogP) is 3.53. The topological polar surface area (TPSA) is 56.7 Å². The van der Waals surface area contributed by atoms with Crippen molar-refractivity contribution in [3.05, 3.63) is 29.6 Å². The maximum atomic E-state index is 5.93. The Balaban J connectivity index is 1.68. The fourth-order valence-electron chi connectivity index (χ4n) is 2.59. The lowest BCUT2D eigenvalue weighted by Crippen LogP contribution is -2.01. The zero-order valence-electron chi connectivity index (χ0n) is 11.5. The molecule has 0 radical (unpaired) electrons. The van der Waals surface area contributed by atoms with Crippen LogP contribution in [0, 0.1) is 6.92 Å². The van der Waals surface area contributed by atoms with Crippen LogP contribution in [-0.4, -0.2) is 14.8 Å². The van der Waals surface area contributed by atoms with Crippen LogP contribution in [-0.2, 0) is 0 Å². The van der Waals surface area contributed by atoms with E-state index in [0.29, 0.717) is 12.0 Å². The normalized spacial score (nSPS) is 18.4. The van der Waals surface area contributed by atoms with E-state index in [4.69, 9.17) is 5.73 Å². The Morgan fingerprint density at radius 2 is 1.95 bits per heavy atom. The molecule has 2 fully saturated rings. The van der Waals surface area contributed by atoms with Gasteiger partial charge in [-0.15, -0.1) is 10.2 Å². The minimum absolute atomic E-state index is 0.630. The molecule has 1 aromatic carbocycles. The van der Waals surface area contributed by atoms with E-state index in [1.54, 1.807) is 11.8 Å². The molecule has 0 unspecified atom stereocenters. The number of aromatic nitrogens is 3. The first-order valence-corrected chi connectivity index (χ1v) is 8.02. The number of rotatable bonds is 4. The van der Waals surface area contributed by atoms with Gasteiger partial charge in [0.1, 0.15) is 5.82 Å². The molecule has 2 aliphatic carbocycles. The van der Waals surface area contributed by atoms with Crippen LogP contribution in [0.3, 0.4) is 0 Å². The van der Waals surface area contributed by atoms with Crippen LogP contribution >= 0.6 is 11.8 Å². The zero-order chi connectivity index (χ0) is 13.7. The van der Waals surface area contributed by atoms with Crippen molar-refractivity contribution < 1.29 is 0 Å². The highest BCUT2D eigenvalue weighted by Crippen LogP contribution is 2.46. The predicted molar refractivity (Wildman–Crippen MR) is 80.0 cm³/mol. The third kappa shape index (κ3) is 2.30. The van der Waals surface area contributed by atoms with Crippen LogP contribution in [0.25, 0.3) is 0 Å². The highest BCUT2D eigenvalue weighted by atomic mass is 32.2. The summed E-state index contributed by atoms with van der Waals surface area (Å²) in [5.74, 6) is 1.86. The molecule has 2 aromatic rings. The summed E-state index contributed by atoms with van der Waals surface area (Å²) < 4.78 is 2.38. The van der Waals surface area contributed by atoms with Crippen molar-refractivity contribution >= 4 is 17.4 Å². The molecule has 20 heavy (non-hydrogen) atoms. The minimum atomic E-state index is 0.630. The third-order valence-corrected chi connectivity index (χ3v) is 4.76. The Labute approximate surface area is 122 Å². The van der Waals surface area contributed by atoms with E-state index in [2.05, 4.69) is 27.8 Å². The second-order valence-corrected chi connectivity index (χ2v) is 6.94. The van der Waals surface area contributed by atoms with E-state index in [1.807, 2.05) is 12.1 Å². The van der Waals surface area contributed by atoms with E-state index < -0.39 is 0 Å². The van der Waals surface area contributed by atoms with Gasteiger partial charge in [0, 0.05) is 22.5 Å². The lowest BCUT2D eigenvalue weighted by atomic mass is 10.2. The maximum Gasteiger partial charge on any atom is 0.196 e. The van der Waals surface area contributed by atoms with Gasteiger partial charge >= 0.3 is 0 Å². The molecule has 2 saturated carbocycles. The number of nitrogens with two attached hydrogens (primary N) is 1. The van der Waals surface area contributed by atoms with Gasteiger partial charge in [0.05, 0.1) is 0 Å². The smallest absolute Gasteiger partial charge is 0.196 e. The second kappa shape index (κ2) is 4.52. The van der Waals surface area contributed by atoms with Gasteiger partial charge in [-0.3, -0.25) is 0 Å². The second-order valence-electron chi connectivity index (χ2n) is 5.90. The van der Waals surface area contributed by atoms with Crippen molar-refractivity contribution in [3.63, 3.8) is 0 Å². The van der Waals surface area contributed by atoms with Crippen molar-refractivity contribution in [2.75, 3.05) is 5.73 Å². The maximum absolute atomic E-state index is 5.93. The number of nitrogens with zero attached hydrogens (tertiary/aromatic N) is 3. The molecule has 0 amide bonds. The molecule has 0 aliphatic heterocycles. The van der Waals surface area contributed by atoms with Crippen molar-refractivity contribution in [3.8, 4) is 0 Å². The van der Waals surface area contributed by atoms with E-state index in [0.717, 1.165) is 15.7 Å². The Kier molecular flexibility index (Phi) is 2.77. The van der Waals surface area contributed by atoms with Crippen LogP contribution < -0.4 is 5.73 Å². The summed E-state index contributed by atoms with van der Waals surface area (Å²) in [6.07, 6.45) is 5.07. The Morgan fingerprint density at radius 1 is 1.15 bits per heavy atom. The SMILES string of the molecule is Cc1cc(N)cc(Sc2nnc(C3CC3)n2C2CC2)c1. The highest BCUT2D eigenvalue weighted by molar-refractivity contribution is 7.99. The van der Waals surface area contributed by atoms with Crippen molar-refractivity contribution in [1.29, 1.82) is 0 Å². The van der Waals surface area contributed by atoms with Crippen LogP contribution in [0.2, 0.25) is 0 Å². The van der Waals surface area contributed by atoms with Crippen molar-refractivity contribution in [2.45, 2.75) is 54.6 Å². The van der Waals surface area contributed by atoms with E-state index in [-0.39, 0.29) is 0 Å². The average Bonchev–Trinajstić information content (AvgIpc) is 3.28. The van der Waals surface area contributed by atoms with E-state index in [9.17, 15) is 0 Å². The Morgan fingerprint density at radius 3 is 2.60 bits per heavy atom. The zero-order valence-corrected chi connectivity index (χ0v) is 12.4. The van der Waals surface area contributed by atoms with Gasteiger partial charge in [-0.2, -0.15) is 0 Å². The number of anilines is 1. The lowest BCUT2D eigenvalue weighted by Gasteiger charge is -2.08. The first kappa shape index (κ1) is 12.3. The van der Waals surface area contributed by atoms with Crippen molar-refractivity contribution in [2.24, 2.45) is 0 Å². The van der Waals surface area contributed by atoms with Crippen molar-refractivity contribution in [1.82, 2.24) is 14.8 Å². The number of aryl methyl sites for hydroxylation is 1. The van der Waals surface area contributed by atoms with Crippen LogP contribution in [0.15, 0.2) is 28.3 Å². The molecule has 0 atom stereocenters. The number of nitrogen functional groups attached to an aromatic ring is 1. The summed E-state index contributed by atoms with van der Waals surface area (Å²) in [7, 11) is 0. The van der Waals surface area contributed by atoms with Crippen LogP contribution in [0.1, 0.15) is 49.0 Å². The Hall–Kier alpha value is -1.49. The third-order valence-electron chi connectivity index (χ3n) is 3.83. The molecular formula is C15H18N4S. The standard InChI is InChI=1S/C15H18N4S/c1-9-6-11(16)8-13(7-9)20-15-18-17-14(10-2-3-10)19(15)12-4-5-12/h6-8,10,12H,2-5,16H2,1H3. The largest absolute Gasteiger partial charge is 0.399 e. The molecule has 5 heteroatoms. The van der Waals surface area contributed by atoms with Gasteiger partial charge in [0.15, 0.2) is 5.16 Å². The molecule has 4 nitrogen and oxygen atoms in total. The molecule has 2 aliphatic rings. The monoisotopic (exact) mass is 286 g/mol. The summed E-state index contributed by atoms with van der Waals surface area (Å²) in [6.45, 7) is 2.07. The first-order chi connectivity index (χ1) is 9.70. The number of benzene rings is 1. The molecular weight excluding hydrogens is 268 g/mol. The molecule has 4 rings (SSSR count). The van der Waals surface area contributed by atoms with Crippen LogP contribution in [0.5, 0.6) is 0 Å². The van der Waals surface area contributed by atoms with Gasteiger partial charge < -0.3 is 10.3 Å². The Bertz CT molecular complexity index is 636. The van der Waals surface area contributed by atoms with Crippen LogP contribution in [0.4, 0.5) is 5.69 Å². The fraction of sp³-hybridized carbons (Fsp3) is 0.467. The van der Waals surface area contributed by atoms with E-state index in [1.165, 1.54) is 37.1 Å². The molecule has 0 saturated heterocycles. The molecule has 1 heterocycles. The van der Waals surface area contributed by atoms with Gasteiger partial charge in [-0.1, -0.05) is 0 Å². The van der Waals surface area contributed by atoms with E-state index >= 15 is 0 Å². The van der Waals surface area contributed by atoms with Gasteiger partial charge in [-0.05, 0) is 68.1 Å². The summed E-state index contributed by atoms with van der Waals surface area (Å²) in [4.78, 5) is 1.15. The molecule has 104 valence electrons. The van der Waals surface area contributed by atoms with Gasteiger partial charge in [0.2, 0.25) is 0 Å². The summed E-state index contributed by atoms with van der Waals surface area (Å²) in [6, 6.07) is 6.79. The summed E-state index contributed by atoms with van der Waals surface area (Å²) in [5, 5.41) is 9.90. The average molecular weight is 286 g/mol. The van der Waals surface area contributed by atoms with Gasteiger partial charge in [-0.25, -0.2) is 0 Å². The quantitative estimate of drug-likeness (QED) is 0.874. The number of hydrogen-bond donors (Lipinski definition) is 1. The fourth-order valence-corrected chi connectivity index (χ4v) is 3.67. The summed E-state index contributed by atoms with van der Waals surface area (Å²) in [5.41, 5.74) is 7.93. The molecule has 0 bridgehead atoms. The highest BCUT2D eigenvalue weighted by Gasteiger charge is 2.36. The minimum Gasteiger partial charge on any atom is -0.399 e. The number of hydrogen-bond acceptors (Lipinski definition) is 4. The van der Waals surface area contributed by atoms with Gasteiger partial charge in [0.25, 0.3) is 0 Å². The molecule has 1 aromatic heterocycles. The summed E-state index contributed by atoms with van der Waals surface area (Å²) >= 11 is 1.69. The first-order valence-electron chi connectivity index (χ1n) is 7.20.